The average molecular weight is 279 g/mol. The minimum absolute atomic E-state index is 0.392. The summed E-state index contributed by atoms with van der Waals surface area (Å²) in [4.78, 5) is 9.25. The molecule has 0 saturated carbocycles. The first kappa shape index (κ1) is 12.9. The molecule has 0 spiro atoms. The predicted molar refractivity (Wildman–Crippen MR) is 77.8 cm³/mol. The van der Waals surface area contributed by atoms with E-state index in [4.69, 9.17) is 16.6 Å². The topological polar surface area (TPSA) is 42.7 Å². The molecule has 0 atom stereocenters. The van der Waals surface area contributed by atoms with Crippen LogP contribution in [0.1, 0.15) is 44.5 Å². The van der Waals surface area contributed by atoms with Gasteiger partial charge in [0.05, 0.1) is 5.02 Å². The first-order valence-electron chi connectivity index (χ1n) is 6.91. The Morgan fingerprint density at radius 3 is 2.79 bits per heavy atom. The second-order valence-corrected chi connectivity index (χ2v) is 5.91. The number of nitrogens with one attached hydrogen (secondary N) is 1. The minimum Gasteiger partial charge on any atom is -0.317 e. The Morgan fingerprint density at radius 1 is 1.37 bits per heavy atom. The van der Waals surface area contributed by atoms with E-state index in [1.165, 1.54) is 0 Å². The summed E-state index contributed by atoms with van der Waals surface area (Å²) in [5.74, 6) is 1.51. The van der Waals surface area contributed by atoms with Crippen LogP contribution in [-0.2, 0) is 0 Å². The van der Waals surface area contributed by atoms with Gasteiger partial charge in [0.1, 0.15) is 11.3 Å². The van der Waals surface area contributed by atoms with Crippen LogP contribution in [-0.4, -0.2) is 27.6 Å². The van der Waals surface area contributed by atoms with Crippen LogP contribution in [0.4, 0.5) is 0 Å². The molecule has 1 N–H and O–H groups in total. The lowest BCUT2D eigenvalue weighted by Gasteiger charge is -2.26. The molecule has 0 bridgehead atoms. The fourth-order valence-corrected chi connectivity index (χ4v) is 2.96. The highest BCUT2D eigenvalue weighted by atomic mass is 35.5. The fourth-order valence-electron chi connectivity index (χ4n) is 2.81. The highest BCUT2D eigenvalue weighted by molar-refractivity contribution is 6.31. The highest BCUT2D eigenvalue weighted by Crippen LogP contribution is 2.30. The summed E-state index contributed by atoms with van der Waals surface area (Å²) < 4.78 is 2.33. The summed E-state index contributed by atoms with van der Waals surface area (Å²) in [6.07, 6.45) is 3.98. The van der Waals surface area contributed by atoms with Crippen molar-refractivity contribution in [1.82, 2.24) is 19.9 Å². The maximum absolute atomic E-state index is 6.02. The maximum Gasteiger partial charge on any atom is 0.160 e. The van der Waals surface area contributed by atoms with E-state index in [9.17, 15) is 0 Å². The number of nitrogens with zero attached hydrogens (tertiary/aromatic N) is 3. The molecule has 1 aliphatic heterocycles. The molecule has 3 heterocycles. The summed E-state index contributed by atoms with van der Waals surface area (Å²) >= 11 is 6.02. The largest absolute Gasteiger partial charge is 0.317 e. The summed E-state index contributed by atoms with van der Waals surface area (Å²) in [7, 11) is 0. The van der Waals surface area contributed by atoms with Gasteiger partial charge >= 0.3 is 0 Å². The molecule has 1 aliphatic rings. The molecule has 0 unspecified atom stereocenters. The van der Waals surface area contributed by atoms with Crippen molar-refractivity contribution in [3.8, 4) is 0 Å². The zero-order chi connectivity index (χ0) is 13.4. The van der Waals surface area contributed by atoms with Crippen molar-refractivity contribution in [3.63, 3.8) is 0 Å². The van der Waals surface area contributed by atoms with Crippen LogP contribution in [0.3, 0.4) is 0 Å². The molecule has 0 aliphatic carbocycles. The molecule has 3 rings (SSSR count). The standard InChI is InChI=1S/C14H19ClN4/c1-9(2)13-18-12-7-10(15)8-17-14(12)19(13)11-3-5-16-6-4-11/h7-9,11,16H,3-6H2,1-2H3. The average Bonchev–Trinajstić information content (AvgIpc) is 2.78. The Morgan fingerprint density at radius 2 is 2.11 bits per heavy atom. The van der Waals surface area contributed by atoms with Crippen molar-refractivity contribution in [2.24, 2.45) is 0 Å². The first-order chi connectivity index (χ1) is 9.16. The van der Waals surface area contributed by atoms with E-state index in [1.807, 2.05) is 6.07 Å². The van der Waals surface area contributed by atoms with Gasteiger partial charge in [-0.3, -0.25) is 0 Å². The molecule has 2 aromatic rings. The van der Waals surface area contributed by atoms with Gasteiger partial charge in [-0.25, -0.2) is 9.97 Å². The third kappa shape index (κ3) is 2.35. The van der Waals surface area contributed by atoms with Gasteiger partial charge in [-0.1, -0.05) is 25.4 Å². The number of pyridine rings is 1. The summed E-state index contributed by atoms with van der Waals surface area (Å²) in [6.45, 7) is 6.49. The molecule has 19 heavy (non-hydrogen) atoms. The third-order valence-corrected chi connectivity index (χ3v) is 3.92. The van der Waals surface area contributed by atoms with Crippen LogP contribution in [0.15, 0.2) is 12.3 Å². The van der Waals surface area contributed by atoms with E-state index >= 15 is 0 Å². The van der Waals surface area contributed by atoms with Crippen molar-refractivity contribution >= 4 is 22.8 Å². The van der Waals surface area contributed by atoms with Gasteiger partial charge in [-0.15, -0.1) is 0 Å². The zero-order valence-electron chi connectivity index (χ0n) is 11.4. The lowest BCUT2D eigenvalue weighted by molar-refractivity contribution is 0.362. The van der Waals surface area contributed by atoms with Crippen LogP contribution in [0.2, 0.25) is 5.02 Å². The molecule has 0 aromatic carbocycles. The molecule has 5 heteroatoms. The predicted octanol–water partition coefficient (Wildman–Crippen LogP) is 3.13. The first-order valence-corrected chi connectivity index (χ1v) is 7.28. The van der Waals surface area contributed by atoms with Gasteiger partial charge in [0.15, 0.2) is 5.65 Å². The Kier molecular flexibility index (Phi) is 3.46. The van der Waals surface area contributed by atoms with Crippen molar-refractivity contribution in [3.05, 3.63) is 23.1 Å². The van der Waals surface area contributed by atoms with Crippen molar-refractivity contribution in [2.45, 2.75) is 38.6 Å². The van der Waals surface area contributed by atoms with E-state index in [0.717, 1.165) is 42.9 Å². The molecule has 0 radical (unpaired) electrons. The number of halogens is 1. The molecular formula is C14H19ClN4. The zero-order valence-corrected chi connectivity index (χ0v) is 12.1. The van der Waals surface area contributed by atoms with Crippen LogP contribution in [0.5, 0.6) is 0 Å². The fraction of sp³-hybridized carbons (Fsp3) is 0.571. The maximum atomic E-state index is 6.02. The number of aromatic nitrogens is 3. The van der Waals surface area contributed by atoms with E-state index in [1.54, 1.807) is 6.20 Å². The number of rotatable bonds is 2. The number of fused-ring (bicyclic) bond motifs is 1. The number of hydrogen-bond acceptors (Lipinski definition) is 3. The second-order valence-electron chi connectivity index (χ2n) is 5.47. The van der Waals surface area contributed by atoms with E-state index in [2.05, 4.69) is 28.7 Å². The van der Waals surface area contributed by atoms with Gasteiger partial charge in [-0.2, -0.15) is 0 Å². The normalized spacial score (nSPS) is 17.5. The van der Waals surface area contributed by atoms with Crippen LogP contribution in [0.25, 0.3) is 11.2 Å². The minimum atomic E-state index is 0.392. The number of piperidine rings is 1. The van der Waals surface area contributed by atoms with Crippen molar-refractivity contribution in [1.29, 1.82) is 0 Å². The SMILES string of the molecule is CC(C)c1nc2cc(Cl)cnc2n1C1CCNCC1. The summed E-state index contributed by atoms with van der Waals surface area (Å²) in [5, 5.41) is 4.06. The molecular weight excluding hydrogens is 260 g/mol. The van der Waals surface area contributed by atoms with Crippen molar-refractivity contribution < 1.29 is 0 Å². The van der Waals surface area contributed by atoms with E-state index in [-0.39, 0.29) is 0 Å². The lowest BCUT2D eigenvalue weighted by Crippen LogP contribution is -2.30. The summed E-state index contributed by atoms with van der Waals surface area (Å²) in [5.41, 5.74) is 1.88. The van der Waals surface area contributed by atoms with Crippen molar-refractivity contribution in [2.75, 3.05) is 13.1 Å². The van der Waals surface area contributed by atoms with Gasteiger partial charge in [0, 0.05) is 18.2 Å². The molecule has 1 fully saturated rings. The van der Waals surface area contributed by atoms with E-state index < -0.39 is 0 Å². The Balaban J connectivity index is 2.15. The highest BCUT2D eigenvalue weighted by Gasteiger charge is 2.23. The van der Waals surface area contributed by atoms with Crippen LogP contribution in [0, 0.1) is 0 Å². The molecule has 1 saturated heterocycles. The molecule has 0 amide bonds. The third-order valence-electron chi connectivity index (χ3n) is 3.71. The second kappa shape index (κ2) is 5.10. The van der Waals surface area contributed by atoms with Gasteiger partial charge in [0.25, 0.3) is 0 Å². The Hall–Kier alpha value is -1.13. The lowest BCUT2D eigenvalue weighted by atomic mass is 10.1. The Bertz CT molecular complexity index is 584. The molecule has 102 valence electrons. The van der Waals surface area contributed by atoms with Gasteiger partial charge < -0.3 is 9.88 Å². The number of imidazole rings is 1. The monoisotopic (exact) mass is 278 g/mol. The number of hydrogen-bond donors (Lipinski definition) is 1. The quantitative estimate of drug-likeness (QED) is 0.918. The van der Waals surface area contributed by atoms with Crippen LogP contribution < -0.4 is 5.32 Å². The van der Waals surface area contributed by atoms with Crippen LogP contribution >= 0.6 is 11.6 Å². The molecule has 2 aromatic heterocycles. The van der Waals surface area contributed by atoms with Gasteiger partial charge in [-0.05, 0) is 32.0 Å². The van der Waals surface area contributed by atoms with E-state index in [0.29, 0.717) is 17.0 Å². The van der Waals surface area contributed by atoms with Gasteiger partial charge in [0.2, 0.25) is 0 Å². The molecule has 4 nitrogen and oxygen atoms in total. The smallest absolute Gasteiger partial charge is 0.160 e. The summed E-state index contributed by atoms with van der Waals surface area (Å²) in [6, 6.07) is 2.41. The Labute approximate surface area is 118 Å².